The SMILES string of the molecule is Fc1ccc(CNCCOCCNCc2ccc(F)cc2)cc1. The maximum atomic E-state index is 12.7. The summed E-state index contributed by atoms with van der Waals surface area (Å²) >= 11 is 0. The number of benzene rings is 2. The molecule has 2 aromatic carbocycles. The Balaban J connectivity index is 1.43. The van der Waals surface area contributed by atoms with Gasteiger partial charge in [0.1, 0.15) is 11.6 Å². The molecular formula is C18H22F2N2O. The van der Waals surface area contributed by atoms with Crippen LogP contribution < -0.4 is 10.6 Å². The fourth-order valence-electron chi connectivity index (χ4n) is 2.06. The van der Waals surface area contributed by atoms with Gasteiger partial charge in [-0.3, -0.25) is 0 Å². The van der Waals surface area contributed by atoms with Gasteiger partial charge in [-0.15, -0.1) is 0 Å². The second kappa shape index (κ2) is 10.0. The lowest BCUT2D eigenvalue weighted by molar-refractivity contribution is 0.137. The van der Waals surface area contributed by atoms with Crippen LogP contribution in [0.1, 0.15) is 11.1 Å². The fourth-order valence-corrected chi connectivity index (χ4v) is 2.06. The quantitative estimate of drug-likeness (QED) is 0.661. The monoisotopic (exact) mass is 320 g/mol. The van der Waals surface area contributed by atoms with Gasteiger partial charge in [-0.05, 0) is 35.4 Å². The van der Waals surface area contributed by atoms with Crippen LogP contribution in [0, 0.1) is 11.6 Å². The second-order valence-corrected chi connectivity index (χ2v) is 5.22. The van der Waals surface area contributed by atoms with Crippen LogP contribution in [0.15, 0.2) is 48.5 Å². The molecule has 0 aliphatic carbocycles. The van der Waals surface area contributed by atoms with E-state index in [9.17, 15) is 8.78 Å². The molecule has 0 aromatic heterocycles. The second-order valence-electron chi connectivity index (χ2n) is 5.22. The van der Waals surface area contributed by atoms with Gasteiger partial charge in [0.05, 0.1) is 13.2 Å². The highest BCUT2D eigenvalue weighted by atomic mass is 19.1. The van der Waals surface area contributed by atoms with Crippen LogP contribution >= 0.6 is 0 Å². The van der Waals surface area contributed by atoms with E-state index >= 15 is 0 Å². The minimum absolute atomic E-state index is 0.217. The number of hydrogen-bond donors (Lipinski definition) is 2. The number of halogens is 2. The standard InChI is InChI=1S/C18H22F2N2O/c19-17-5-1-15(2-6-17)13-21-9-11-23-12-10-22-14-16-3-7-18(20)8-4-16/h1-8,21-22H,9-14H2. The number of nitrogens with one attached hydrogen (secondary N) is 2. The van der Waals surface area contributed by atoms with Crippen LogP contribution in [0.4, 0.5) is 8.78 Å². The maximum Gasteiger partial charge on any atom is 0.123 e. The van der Waals surface area contributed by atoms with Gasteiger partial charge in [-0.25, -0.2) is 8.78 Å². The molecule has 0 amide bonds. The zero-order valence-corrected chi connectivity index (χ0v) is 13.0. The summed E-state index contributed by atoms with van der Waals surface area (Å²) in [6.45, 7) is 4.14. The normalized spacial score (nSPS) is 10.9. The Bertz CT molecular complexity index is 507. The third-order valence-corrected chi connectivity index (χ3v) is 3.33. The van der Waals surface area contributed by atoms with E-state index in [-0.39, 0.29) is 11.6 Å². The smallest absolute Gasteiger partial charge is 0.123 e. The van der Waals surface area contributed by atoms with Gasteiger partial charge < -0.3 is 15.4 Å². The molecule has 23 heavy (non-hydrogen) atoms. The van der Waals surface area contributed by atoms with E-state index in [1.165, 1.54) is 24.3 Å². The van der Waals surface area contributed by atoms with Crippen molar-refractivity contribution in [3.8, 4) is 0 Å². The number of rotatable bonds is 10. The van der Waals surface area contributed by atoms with Crippen molar-refractivity contribution < 1.29 is 13.5 Å². The summed E-state index contributed by atoms with van der Waals surface area (Å²) in [4.78, 5) is 0. The lowest BCUT2D eigenvalue weighted by atomic mass is 10.2. The van der Waals surface area contributed by atoms with E-state index in [0.29, 0.717) is 26.3 Å². The van der Waals surface area contributed by atoms with Gasteiger partial charge >= 0.3 is 0 Å². The van der Waals surface area contributed by atoms with Crippen LogP contribution in [0.25, 0.3) is 0 Å². The Morgan fingerprint density at radius 1 is 0.652 bits per heavy atom. The molecule has 0 radical (unpaired) electrons. The lowest BCUT2D eigenvalue weighted by Crippen LogP contribution is -2.23. The van der Waals surface area contributed by atoms with Crippen molar-refractivity contribution in [3.63, 3.8) is 0 Å². The minimum atomic E-state index is -0.217. The van der Waals surface area contributed by atoms with Gasteiger partial charge in [-0.2, -0.15) is 0 Å². The topological polar surface area (TPSA) is 33.3 Å². The van der Waals surface area contributed by atoms with E-state index in [4.69, 9.17) is 4.74 Å². The van der Waals surface area contributed by atoms with Crippen LogP contribution in [-0.2, 0) is 17.8 Å². The van der Waals surface area contributed by atoms with E-state index in [0.717, 1.165) is 24.2 Å². The third kappa shape index (κ3) is 7.32. The van der Waals surface area contributed by atoms with Crippen molar-refractivity contribution >= 4 is 0 Å². The molecule has 2 N–H and O–H groups in total. The molecule has 0 fully saturated rings. The predicted octanol–water partition coefficient (Wildman–Crippen LogP) is 2.86. The lowest BCUT2D eigenvalue weighted by Gasteiger charge is -2.08. The molecule has 0 atom stereocenters. The Labute approximate surface area is 135 Å². The Morgan fingerprint density at radius 2 is 1.04 bits per heavy atom. The zero-order valence-electron chi connectivity index (χ0n) is 13.0. The third-order valence-electron chi connectivity index (χ3n) is 3.33. The van der Waals surface area contributed by atoms with Crippen LogP contribution in [0.3, 0.4) is 0 Å². The highest BCUT2D eigenvalue weighted by Crippen LogP contribution is 2.02. The number of hydrogen-bond acceptors (Lipinski definition) is 3. The van der Waals surface area contributed by atoms with Crippen molar-refractivity contribution in [1.82, 2.24) is 10.6 Å². The van der Waals surface area contributed by atoms with E-state index < -0.39 is 0 Å². The minimum Gasteiger partial charge on any atom is -0.379 e. The van der Waals surface area contributed by atoms with Crippen molar-refractivity contribution in [1.29, 1.82) is 0 Å². The maximum absolute atomic E-state index is 12.7. The summed E-state index contributed by atoms with van der Waals surface area (Å²) in [5, 5.41) is 6.48. The van der Waals surface area contributed by atoms with Gasteiger partial charge in [-0.1, -0.05) is 24.3 Å². The first-order chi connectivity index (χ1) is 11.2. The van der Waals surface area contributed by atoms with E-state index in [1.54, 1.807) is 24.3 Å². The first-order valence-electron chi connectivity index (χ1n) is 7.72. The molecule has 0 saturated heterocycles. The van der Waals surface area contributed by atoms with Crippen molar-refractivity contribution in [2.45, 2.75) is 13.1 Å². The summed E-state index contributed by atoms with van der Waals surface area (Å²) in [6.07, 6.45) is 0. The number of ether oxygens (including phenoxy) is 1. The molecule has 0 heterocycles. The summed E-state index contributed by atoms with van der Waals surface area (Å²) in [6, 6.07) is 12.9. The first-order valence-corrected chi connectivity index (χ1v) is 7.72. The molecule has 0 aliphatic rings. The molecule has 2 rings (SSSR count). The molecule has 0 unspecified atom stereocenters. The predicted molar refractivity (Wildman–Crippen MR) is 87.0 cm³/mol. The summed E-state index contributed by atoms with van der Waals surface area (Å²) in [5.41, 5.74) is 2.10. The van der Waals surface area contributed by atoms with Crippen LogP contribution in [0.5, 0.6) is 0 Å². The molecule has 0 spiro atoms. The summed E-state index contributed by atoms with van der Waals surface area (Å²) in [5.74, 6) is -0.435. The Hall–Kier alpha value is -1.82. The van der Waals surface area contributed by atoms with Gasteiger partial charge in [0.15, 0.2) is 0 Å². The van der Waals surface area contributed by atoms with E-state index in [2.05, 4.69) is 10.6 Å². The zero-order chi connectivity index (χ0) is 16.3. The molecule has 2 aromatic rings. The largest absolute Gasteiger partial charge is 0.379 e. The molecule has 0 aliphatic heterocycles. The van der Waals surface area contributed by atoms with Crippen molar-refractivity contribution in [2.24, 2.45) is 0 Å². The van der Waals surface area contributed by atoms with Crippen molar-refractivity contribution in [2.75, 3.05) is 26.3 Å². The highest BCUT2D eigenvalue weighted by molar-refractivity contribution is 5.16. The fraction of sp³-hybridized carbons (Fsp3) is 0.333. The van der Waals surface area contributed by atoms with Gasteiger partial charge in [0, 0.05) is 26.2 Å². The molecule has 0 bridgehead atoms. The van der Waals surface area contributed by atoms with Crippen molar-refractivity contribution in [3.05, 3.63) is 71.3 Å². The summed E-state index contributed by atoms with van der Waals surface area (Å²) < 4.78 is 31.0. The Kier molecular flexibility index (Phi) is 7.66. The summed E-state index contributed by atoms with van der Waals surface area (Å²) in [7, 11) is 0. The average molecular weight is 320 g/mol. The van der Waals surface area contributed by atoms with Crippen LogP contribution in [0.2, 0.25) is 0 Å². The van der Waals surface area contributed by atoms with Gasteiger partial charge in [0.25, 0.3) is 0 Å². The van der Waals surface area contributed by atoms with E-state index in [1.807, 2.05) is 0 Å². The highest BCUT2D eigenvalue weighted by Gasteiger charge is 1.95. The first kappa shape index (κ1) is 17.5. The molecule has 3 nitrogen and oxygen atoms in total. The van der Waals surface area contributed by atoms with Gasteiger partial charge in [0.2, 0.25) is 0 Å². The average Bonchev–Trinajstić information content (AvgIpc) is 2.56. The molecule has 124 valence electrons. The molecule has 5 heteroatoms. The molecule has 0 saturated carbocycles. The molecular weight excluding hydrogens is 298 g/mol. The Morgan fingerprint density at radius 3 is 1.43 bits per heavy atom. The van der Waals surface area contributed by atoms with Crippen LogP contribution in [-0.4, -0.2) is 26.3 Å².